The summed E-state index contributed by atoms with van der Waals surface area (Å²) in [6.07, 6.45) is 1.45. The Morgan fingerprint density at radius 2 is 1.45 bits per heavy atom. The van der Waals surface area contributed by atoms with Crippen LogP contribution in [0.3, 0.4) is 0 Å². The van der Waals surface area contributed by atoms with Gasteiger partial charge in [0.15, 0.2) is 11.5 Å². The van der Waals surface area contributed by atoms with E-state index in [0.29, 0.717) is 24.2 Å². The summed E-state index contributed by atoms with van der Waals surface area (Å²) in [7, 11) is 1.21. The Morgan fingerprint density at radius 1 is 0.850 bits per heavy atom. The highest BCUT2D eigenvalue weighted by molar-refractivity contribution is 5.81. The third kappa shape index (κ3) is 10.7. The van der Waals surface area contributed by atoms with E-state index in [-0.39, 0.29) is 37.2 Å². The minimum absolute atomic E-state index is 0.0476. The first-order valence-electron chi connectivity index (χ1n) is 13.4. The Morgan fingerprint density at radius 3 is 2.02 bits per heavy atom. The van der Waals surface area contributed by atoms with E-state index in [1.54, 1.807) is 43.3 Å². The third-order valence-corrected chi connectivity index (χ3v) is 5.93. The highest BCUT2D eigenvalue weighted by Gasteiger charge is 2.38. The lowest BCUT2D eigenvalue weighted by molar-refractivity contribution is -0.148. The Bertz CT molecular complexity index is 1140. The van der Waals surface area contributed by atoms with Gasteiger partial charge in [-0.2, -0.15) is 0 Å². The van der Waals surface area contributed by atoms with Crippen molar-refractivity contribution in [3.63, 3.8) is 0 Å². The van der Waals surface area contributed by atoms with Crippen molar-refractivity contribution in [1.82, 2.24) is 0 Å². The van der Waals surface area contributed by atoms with Crippen LogP contribution < -0.4 is 19.9 Å². The van der Waals surface area contributed by atoms with Gasteiger partial charge in [-0.15, -0.1) is 0 Å². The summed E-state index contributed by atoms with van der Waals surface area (Å²) >= 11 is 0. The molecule has 0 aliphatic heterocycles. The van der Waals surface area contributed by atoms with E-state index in [9.17, 15) is 19.2 Å². The molecule has 10 nitrogen and oxygen atoms in total. The lowest BCUT2D eigenvalue weighted by Gasteiger charge is -2.29. The van der Waals surface area contributed by atoms with Gasteiger partial charge in [-0.3, -0.25) is 14.4 Å². The Hall–Kier alpha value is -3.92. The largest absolute Gasteiger partial charge is 0.514 e. The number of hydrogen-bond donors (Lipinski definition) is 1. The fraction of sp³-hybridized carbons (Fsp3) is 0.467. The number of para-hydroxylation sites is 1. The van der Waals surface area contributed by atoms with E-state index < -0.39 is 35.7 Å². The molecule has 2 aromatic carbocycles. The number of hydrogen-bond acceptors (Lipinski definition) is 10. The van der Waals surface area contributed by atoms with Gasteiger partial charge in [0.1, 0.15) is 17.4 Å². The molecule has 0 fully saturated rings. The molecule has 0 spiro atoms. The van der Waals surface area contributed by atoms with Crippen LogP contribution in [0.1, 0.15) is 71.3 Å². The van der Waals surface area contributed by atoms with Crippen LogP contribution in [0.15, 0.2) is 48.5 Å². The molecule has 10 heteroatoms. The molecule has 0 amide bonds. The first-order chi connectivity index (χ1) is 19.1. The molecule has 0 heterocycles. The minimum atomic E-state index is -1.61. The summed E-state index contributed by atoms with van der Waals surface area (Å²) in [6.45, 7) is 5.49. The first-order valence-corrected chi connectivity index (χ1v) is 13.4. The molecule has 0 radical (unpaired) electrons. The van der Waals surface area contributed by atoms with Crippen molar-refractivity contribution in [3.8, 4) is 17.2 Å². The van der Waals surface area contributed by atoms with Gasteiger partial charge in [-0.25, -0.2) is 4.79 Å². The van der Waals surface area contributed by atoms with Crippen LogP contribution in [-0.2, 0) is 30.3 Å². The molecule has 0 saturated carbocycles. The van der Waals surface area contributed by atoms with Gasteiger partial charge in [-0.05, 0) is 49.6 Å². The molecule has 218 valence electrons. The second-order valence-corrected chi connectivity index (χ2v) is 9.56. The standard InChI is InChI=1S/C30H39NO9/c1-5-7-14-26(32)39-24-17-16-22(18-25(24)40-27(33)15-8-6-2)20-30(31,28(34)36-4)19-21(3)37-29(35)38-23-12-10-9-11-13-23/h9-13,16-18,21H,5-8,14-15,19-20,31H2,1-4H3/t21?,30-/m1/s1. The molecule has 2 aromatic rings. The predicted octanol–water partition coefficient (Wildman–Crippen LogP) is 5.29. The second kappa shape index (κ2) is 16.2. The average molecular weight is 558 g/mol. The van der Waals surface area contributed by atoms with Gasteiger partial charge in [0.25, 0.3) is 0 Å². The molecular weight excluding hydrogens is 518 g/mol. The fourth-order valence-corrected chi connectivity index (χ4v) is 3.94. The van der Waals surface area contributed by atoms with Gasteiger partial charge in [-0.1, -0.05) is 51.0 Å². The molecule has 0 aromatic heterocycles. The molecular formula is C30H39NO9. The molecule has 40 heavy (non-hydrogen) atoms. The number of nitrogens with two attached hydrogens (primary N) is 1. The fourth-order valence-electron chi connectivity index (χ4n) is 3.94. The second-order valence-electron chi connectivity index (χ2n) is 9.56. The van der Waals surface area contributed by atoms with Crippen molar-refractivity contribution < 1.29 is 42.9 Å². The summed E-state index contributed by atoms with van der Waals surface area (Å²) in [5, 5.41) is 0. The number of rotatable bonds is 15. The zero-order chi connectivity index (χ0) is 29.5. The Kier molecular flexibility index (Phi) is 13.1. The van der Waals surface area contributed by atoms with Crippen LogP contribution in [0.25, 0.3) is 0 Å². The smallest absolute Gasteiger partial charge is 0.468 e. The lowest BCUT2D eigenvalue weighted by Crippen LogP contribution is -2.53. The van der Waals surface area contributed by atoms with Crippen LogP contribution >= 0.6 is 0 Å². The SMILES string of the molecule is CCCCC(=O)Oc1ccc(C[C@](N)(CC(C)OC(=O)Oc2ccccc2)C(=O)OC)cc1OC(=O)CCCC. The van der Waals surface area contributed by atoms with Crippen LogP contribution in [0.2, 0.25) is 0 Å². The van der Waals surface area contributed by atoms with E-state index in [0.717, 1.165) is 12.8 Å². The van der Waals surface area contributed by atoms with E-state index in [1.165, 1.54) is 19.2 Å². The van der Waals surface area contributed by atoms with Crippen molar-refractivity contribution in [1.29, 1.82) is 0 Å². The first kappa shape index (κ1) is 32.3. The van der Waals surface area contributed by atoms with Gasteiger partial charge < -0.3 is 29.4 Å². The number of carbonyl (C=O) groups excluding carboxylic acids is 4. The van der Waals surface area contributed by atoms with E-state index in [2.05, 4.69) is 0 Å². The third-order valence-electron chi connectivity index (χ3n) is 5.93. The average Bonchev–Trinajstić information content (AvgIpc) is 2.91. The number of ether oxygens (including phenoxy) is 5. The van der Waals surface area contributed by atoms with E-state index in [4.69, 9.17) is 29.4 Å². The van der Waals surface area contributed by atoms with Crippen molar-refractivity contribution in [3.05, 3.63) is 54.1 Å². The molecule has 2 N–H and O–H groups in total. The summed E-state index contributed by atoms with van der Waals surface area (Å²) in [5.74, 6) is -1.20. The van der Waals surface area contributed by atoms with Gasteiger partial charge in [0.2, 0.25) is 0 Å². The van der Waals surface area contributed by atoms with Crippen LogP contribution in [0, 0.1) is 0 Å². The van der Waals surface area contributed by atoms with Gasteiger partial charge in [0.05, 0.1) is 7.11 Å². The Balaban J connectivity index is 2.22. The lowest BCUT2D eigenvalue weighted by atomic mass is 9.86. The van der Waals surface area contributed by atoms with Crippen molar-refractivity contribution >= 4 is 24.1 Å². The van der Waals surface area contributed by atoms with Gasteiger partial charge in [0, 0.05) is 25.7 Å². The molecule has 0 saturated heterocycles. The topological polar surface area (TPSA) is 140 Å². The van der Waals surface area contributed by atoms with E-state index in [1.807, 2.05) is 13.8 Å². The molecule has 0 bridgehead atoms. The normalized spacial score (nSPS) is 12.9. The maximum absolute atomic E-state index is 12.8. The number of methoxy groups -OCH3 is 1. The maximum Gasteiger partial charge on any atom is 0.514 e. The van der Waals surface area contributed by atoms with Crippen LogP contribution in [0.4, 0.5) is 4.79 Å². The Labute approximate surface area is 235 Å². The molecule has 1 unspecified atom stereocenters. The molecule has 2 rings (SSSR count). The highest BCUT2D eigenvalue weighted by atomic mass is 16.7. The van der Waals surface area contributed by atoms with Crippen LogP contribution in [0.5, 0.6) is 17.2 Å². The number of carbonyl (C=O) groups is 4. The monoisotopic (exact) mass is 557 g/mol. The predicted molar refractivity (Wildman–Crippen MR) is 147 cm³/mol. The zero-order valence-corrected chi connectivity index (χ0v) is 23.6. The molecule has 0 aliphatic carbocycles. The molecule has 2 atom stereocenters. The molecule has 0 aliphatic rings. The van der Waals surface area contributed by atoms with Crippen LogP contribution in [-0.4, -0.2) is 42.8 Å². The van der Waals surface area contributed by atoms with Crippen molar-refractivity contribution in [2.24, 2.45) is 5.73 Å². The summed E-state index contributed by atoms with van der Waals surface area (Å²) in [5.41, 5.74) is 5.41. The quantitative estimate of drug-likeness (QED) is 0.175. The zero-order valence-electron chi connectivity index (χ0n) is 23.6. The summed E-state index contributed by atoms with van der Waals surface area (Å²) < 4.78 is 26.4. The summed E-state index contributed by atoms with van der Waals surface area (Å²) in [4.78, 5) is 49.6. The van der Waals surface area contributed by atoms with E-state index >= 15 is 0 Å². The van der Waals surface area contributed by atoms with Crippen molar-refractivity contribution in [2.75, 3.05) is 7.11 Å². The maximum atomic E-state index is 12.8. The van der Waals surface area contributed by atoms with Gasteiger partial charge >= 0.3 is 24.1 Å². The number of esters is 3. The summed E-state index contributed by atoms with van der Waals surface area (Å²) in [6, 6.07) is 13.0. The number of benzene rings is 2. The highest BCUT2D eigenvalue weighted by Crippen LogP contribution is 2.32. The number of unbranched alkanes of at least 4 members (excludes halogenated alkanes) is 2. The van der Waals surface area contributed by atoms with Crippen molar-refractivity contribution in [2.45, 2.75) is 83.8 Å². The minimum Gasteiger partial charge on any atom is -0.468 e.